The van der Waals surface area contributed by atoms with Crippen LogP contribution in [0.15, 0.2) is 0 Å². The number of aliphatic hydroxyl groups excluding tert-OH is 1. The third-order valence-electron chi connectivity index (χ3n) is 5.79. The Kier molecular flexibility index (Phi) is 4.89. The van der Waals surface area contributed by atoms with Gasteiger partial charge in [0.15, 0.2) is 0 Å². The Hall–Kier alpha value is -0.160. The Morgan fingerprint density at radius 3 is 2.38 bits per heavy atom. The van der Waals surface area contributed by atoms with Crippen LogP contribution >= 0.6 is 0 Å². The van der Waals surface area contributed by atoms with Gasteiger partial charge in [0.05, 0.1) is 12.1 Å². The van der Waals surface area contributed by atoms with Gasteiger partial charge in [-0.15, -0.1) is 0 Å². The standard InChI is InChI=1S/C17H33N3O/c1-3-20(4-2)16-9-10-19(11-16)12-17(13-21,14-5-6-14)18-15-7-8-15/h14-16,18,21H,3-13H2,1-2H3. The van der Waals surface area contributed by atoms with E-state index < -0.39 is 0 Å². The highest BCUT2D eigenvalue weighted by Gasteiger charge is 2.48. The normalized spacial score (nSPS) is 30.0. The van der Waals surface area contributed by atoms with E-state index in [0.717, 1.165) is 25.7 Å². The number of nitrogens with zero attached hydrogens (tertiary/aromatic N) is 2. The van der Waals surface area contributed by atoms with E-state index in [9.17, 15) is 5.11 Å². The van der Waals surface area contributed by atoms with Crippen molar-refractivity contribution >= 4 is 0 Å². The van der Waals surface area contributed by atoms with Crippen LogP contribution in [0, 0.1) is 5.92 Å². The molecule has 2 N–H and O–H groups in total. The lowest BCUT2D eigenvalue weighted by molar-refractivity contribution is 0.0940. The van der Waals surface area contributed by atoms with E-state index in [4.69, 9.17) is 0 Å². The Morgan fingerprint density at radius 1 is 1.14 bits per heavy atom. The molecule has 0 aromatic carbocycles. The van der Waals surface area contributed by atoms with Gasteiger partial charge in [-0.25, -0.2) is 0 Å². The molecule has 1 saturated heterocycles. The molecule has 1 heterocycles. The Balaban J connectivity index is 1.58. The lowest BCUT2D eigenvalue weighted by Gasteiger charge is -2.38. The minimum Gasteiger partial charge on any atom is -0.394 e. The van der Waals surface area contributed by atoms with Gasteiger partial charge in [-0.2, -0.15) is 0 Å². The number of aliphatic hydroxyl groups is 1. The molecule has 2 unspecified atom stereocenters. The molecule has 122 valence electrons. The molecule has 0 aromatic heterocycles. The third-order valence-corrected chi connectivity index (χ3v) is 5.79. The average Bonchev–Trinajstić information content (AvgIpc) is 3.40. The van der Waals surface area contributed by atoms with Crippen molar-refractivity contribution in [2.45, 2.75) is 63.6 Å². The largest absolute Gasteiger partial charge is 0.394 e. The summed E-state index contributed by atoms with van der Waals surface area (Å²) in [5.41, 5.74) is -0.0146. The first-order valence-electron chi connectivity index (χ1n) is 9.05. The van der Waals surface area contributed by atoms with Gasteiger partial charge >= 0.3 is 0 Å². The second-order valence-corrected chi connectivity index (χ2v) is 7.41. The molecule has 0 aromatic rings. The fourth-order valence-electron chi connectivity index (χ4n) is 4.18. The van der Waals surface area contributed by atoms with Crippen molar-refractivity contribution < 1.29 is 5.11 Å². The maximum atomic E-state index is 10.1. The Morgan fingerprint density at radius 2 is 1.86 bits per heavy atom. The summed E-state index contributed by atoms with van der Waals surface area (Å²) in [6, 6.07) is 1.40. The van der Waals surface area contributed by atoms with Gasteiger partial charge in [0, 0.05) is 25.2 Å². The highest BCUT2D eigenvalue weighted by molar-refractivity contribution is 5.07. The van der Waals surface area contributed by atoms with E-state index in [0.29, 0.717) is 18.6 Å². The lowest BCUT2D eigenvalue weighted by Crippen LogP contribution is -2.58. The van der Waals surface area contributed by atoms with Crippen LogP contribution in [0.3, 0.4) is 0 Å². The first kappa shape index (κ1) is 15.7. The van der Waals surface area contributed by atoms with Crippen LogP contribution in [0.2, 0.25) is 0 Å². The topological polar surface area (TPSA) is 38.7 Å². The zero-order valence-corrected chi connectivity index (χ0v) is 13.9. The second-order valence-electron chi connectivity index (χ2n) is 7.41. The second kappa shape index (κ2) is 6.53. The van der Waals surface area contributed by atoms with Gasteiger partial charge in [0.2, 0.25) is 0 Å². The average molecular weight is 295 g/mol. The number of hydrogen-bond acceptors (Lipinski definition) is 4. The molecule has 0 radical (unpaired) electrons. The molecule has 2 aliphatic carbocycles. The Bertz CT molecular complexity index is 339. The fraction of sp³-hybridized carbons (Fsp3) is 1.00. The number of likely N-dealkylation sites (tertiary alicyclic amines) is 1. The molecule has 3 fully saturated rings. The predicted molar refractivity (Wildman–Crippen MR) is 86.5 cm³/mol. The highest BCUT2D eigenvalue weighted by Crippen LogP contribution is 2.42. The maximum absolute atomic E-state index is 10.1. The number of likely N-dealkylation sites (N-methyl/N-ethyl adjacent to an activating group) is 1. The Labute approximate surface area is 129 Å². The van der Waals surface area contributed by atoms with Gasteiger partial charge in [0.25, 0.3) is 0 Å². The van der Waals surface area contributed by atoms with E-state index in [2.05, 4.69) is 29.0 Å². The van der Waals surface area contributed by atoms with E-state index in [1.807, 2.05) is 0 Å². The van der Waals surface area contributed by atoms with Gasteiger partial charge in [0.1, 0.15) is 0 Å². The molecule has 4 heteroatoms. The minimum atomic E-state index is -0.0146. The summed E-state index contributed by atoms with van der Waals surface area (Å²) < 4.78 is 0. The van der Waals surface area contributed by atoms with E-state index in [1.165, 1.54) is 45.2 Å². The first-order valence-corrected chi connectivity index (χ1v) is 9.05. The predicted octanol–water partition coefficient (Wildman–Crippen LogP) is 1.30. The van der Waals surface area contributed by atoms with E-state index >= 15 is 0 Å². The summed E-state index contributed by atoms with van der Waals surface area (Å²) in [4.78, 5) is 5.19. The molecule has 0 bridgehead atoms. The molecule has 1 aliphatic heterocycles. The van der Waals surface area contributed by atoms with Crippen LogP contribution in [-0.2, 0) is 0 Å². The SMILES string of the molecule is CCN(CC)C1CCN(CC(CO)(NC2CC2)C2CC2)C1. The minimum absolute atomic E-state index is 0.0146. The molecule has 3 aliphatic rings. The maximum Gasteiger partial charge on any atom is 0.0628 e. The van der Waals surface area contributed by atoms with Crippen molar-refractivity contribution in [2.24, 2.45) is 5.92 Å². The monoisotopic (exact) mass is 295 g/mol. The number of nitrogens with one attached hydrogen (secondary N) is 1. The molecule has 0 amide bonds. The van der Waals surface area contributed by atoms with Crippen LogP contribution in [0.5, 0.6) is 0 Å². The molecule has 21 heavy (non-hydrogen) atoms. The van der Waals surface area contributed by atoms with Crippen molar-refractivity contribution in [1.29, 1.82) is 0 Å². The summed E-state index contributed by atoms with van der Waals surface area (Å²) in [6.45, 7) is 10.6. The molecule has 0 spiro atoms. The molecule has 2 saturated carbocycles. The fourth-order valence-corrected chi connectivity index (χ4v) is 4.18. The summed E-state index contributed by atoms with van der Waals surface area (Å²) in [5, 5.41) is 13.9. The third kappa shape index (κ3) is 3.61. The molecular formula is C17H33N3O. The molecular weight excluding hydrogens is 262 g/mol. The van der Waals surface area contributed by atoms with Crippen molar-refractivity contribution in [3.63, 3.8) is 0 Å². The van der Waals surface area contributed by atoms with Crippen LogP contribution in [0.4, 0.5) is 0 Å². The van der Waals surface area contributed by atoms with Crippen molar-refractivity contribution in [3.05, 3.63) is 0 Å². The zero-order valence-electron chi connectivity index (χ0n) is 13.9. The first-order chi connectivity index (χ1) is 10.2. The summed E-state index contributed by atoms with van der Waals surface area (Å²) >= 11 is 0. The van der Waals surface area contributed by atoms with E-state index in [-0.39, 0.29) is 5.54 Å². The summed E-state index contributed by atoms with van der Waals surface area (Å²) in [7, 11) is 0. The van der Waals surface area contributed by atoms with Crippen molar-refractivity contribution in [1.82, 2.24) is 15.1 Å². The zero-order chi connectivity index (χ0) is 14.9. The summed E-state index contributed by atoms with van der Waals surface area (Å²) in [6.07, 6.45) is 6.49. The highest BCUT2D eigenvalue weighted by atomic mass is 16.3. The van der Waals surface area contributed by atoms with E-state index in [1.54, 1.807) is 0 Å². The lowest BCUT2D eigenvalue weighted by atomic mass is 9.93. The van der Waals surface area contributed by atoms with Crippen molar-refractivity contribution in [3.8, 4) is 0 Å². The van der Waals surface area contributed by atoms with Gasteiger partial charge in [-0.3, -0.25) is 9.80 Å². The van der Waals surface area contributed by atoms with Crippen LogP contribution in [0.1, 0.15) is 46.0 Å². The number of hydrogen-bond donors (Lipinski definition) is 2. The van der Waals surface area contributed by atoms with Crippen LogP contribution < -0.4 is 5.32 Å². The molecule has 3 rings (SSSR count). The van der Waals surface area contributed by atoms with Crippen molar-refractivity contribution in [2.75, 3.05) is 39.3 Å². The van der Waals surface area contributed by atoms with Gasteiger partial charge in [-0.1, -0.05) is 13.8 Å². The summed E-state index contributed by atoms with van der Waals surface area (Å²) in [5.74, 6) is 0.704. The quantitative estimate of drug-likeness (QED) is 0.672. The van der Waals surface area contributed by atoms with Gasteiger partial charge < -0.3 is 10.4 Å². The smallest absolute Gasteiger partial charge is 0.0628 e. The van der Waals surface area contributed by atoms with Gasteiger partial charge in [-0.05, 0) is 57.7 Å². The van der Waals surface area contributed by atoms with Crippen LogP contribution in [-0.4, -0.2) is 71.9 Å². The van der Waals surface area contributed by atoms with Crippen LogP contribution in [0.25, 0.3) is 0 Å². The molecule has 4 nitrogen and oxygen atoms in total. The molecule has 2 atom stereocenters. The number of rotatable bonds is 9.